The second-order valence-corrected chi connectivity index (χ2v) is 13.0. The number of H-pyrrole nitrogens is 1. The molecule has 7 rings (SSSR count). The van der Waals surface area contributed by atoms with Crippen LogP contribution >= 0.6 is 15.6 Å². The van der Waals surface area contributed by atoms with Crippen molar-refractivity contribution in [2.24, 2.45) is 0 Å². The van der Waals surface area contributed by atoms with Crippen molar-refractivity contribution in [3.05, 3.63) is 29.3 Å². The molecule has 23 nitrogen and oxygen atoms in total. The summed E-state index contributed by atoms with van der Waals surface area (Å²) in [6.45, 7) is -1.65. The van der Waals surface area contributed by atoms with E-state index in [4.69, 9.17) is 39.0 Å². The van der Waals surface area contributed by atoms with Crippen LogP contribution in [-0.4, -0.2) is 109 Å². The van der Waals surface area contributed by atoms with Crippen LogP contribution in [-0.2, 0) is 36.7 Å². The van der Waals surface area contributed by atoms with Crippen LogP contribution in [0.3, 0.4) is 0 Å². The van der Waals surface area contributed by atoms with Crippen molar-refractivity contribution < 1.29 is 56.7 Å². The van der Waals surface area contributed by atoms with E-state index in [1.165, 1.54) is 10.9 Å². The van der Waals surface area contributed by atoms with Gasteiger partial charge in [-0.2, -0.15) is 4.98 Å². The lowest BCUT2D eigenvalue weighted by Gasteiger charge is -2.26. The number of phosphoric ester groups is 2. The van der Waals surface area contributed by atoms with Crippen LogP contribution in [0.15, 0.2) is 23.8 Å². The number of anilines is 2. The lowest BCUT2D eigenvalue weighted by molar-refractivity contribution is -0.0675. The minimum atomic E-state index is -5.09. The van der Waals surface area contributed by atoms with E-state index in [1.807, 2.05) is 0 Å². The Balaban J connectivity index is 1.23. The molecule has 3 aliphatic rings. The molecule has 25 heteroatoms. The highest BCUT2D eigenvalue weighted by Crippen LogP contribution is 2.53. The predicted molar refractivity (Wildman–Crippen MR) is 143 cm³/mol. The van der Waals surface area contributed by atoms with Crippen LogP contribution in [0.2, 0.25) is 0 Å². The fourth-order valence-electron chi connectivity index (χ4n) is 5.28. The SMILES string of the molecule is Nc1nc2c(ncn2[C@@H]2O[C@@H]3COP(=O)(O)OC4[C@@H](O)[C@@H](COP(=O)(O)O[C@H]2C3O)O[C@H]4n2cnc3c(N)ncnc32)c(=O)[nH]1. The molecule has 0 spiro atoms. The van der Waals surface area contributed by atoms with Gasteiger partial charge >= 0.3 is 15.6 Å². The Morgan fingerprint density at radius 1 is 0.822 bits per heavy atom. The summed E-state index contributed by atoms with van der Waals surface area (Å²) in [5.41, 5.74) is 10.8. The monoisotopic (exact) mass is 674 g/mol. The summed E-state index contributed by atoms with van der Waals surface area (Å²) in [6, 6.07) is 0. The van der Waals surface area contributed by atoms with Crippen molar-refractivity contribution in [3.8, 4) is 0 Å². The molecular weight excluding hydrogens is 650 g/mol. The number of nitrogens with one attached hydrogen (secondary N) is 1. The van der Waals surface area contributed by atoms with E-state index in [0.717, 1.165) is 17.2 Å². The molecule has 9 N–H and O–H groups in total. The van der Waals surface area contributed by atoms with Crippen LogP contribution in [0.4, 0.5) is 11.8 Å². The summed E-state index contributed by atoms with van der Waals surface area (Å²) < 4.78 is 61.2. The number of nitrogens with zero attached hydrogens (tertiary/aromatic N) is 7. The van der Waals surface area contributed by atoms with Gasteiger partial charge in [0.25, 0.3) is 5.56 Å². The van der Waals surface area contributed by atoms with Crippen molar-refractivity contribution in [2.45, 2.75) is 49.1 Å². The first-order chi connectivity index (χ1) is 21.3. The Morgan fingerprint density at radius 3 is 1.93 bits per heavy atom. The highest BCUT2D eigenvalue weighted by atomic mass is 31.2. The van der Waals surface area contributed by atoms with E-state index in [1.54, 1.807) is 0 Å². The molecule has 4 unspecified atom stereocenters. The summed E-state index contributed by atoms with van der Waals surface area (Å²) in [5, 5.41) is 22.1. The smallest absolute Gasteiger partial charge is 0.387 e. The van der Waals surface area contributed by atoms with Gasteiger partial charge in [0.15, 0.2) is 35.1 Å². The van der Waals surface area contributed by atoms with Crippen LogP contribution in [0.5, 0.6) is 0 Å². The molecule has 45 heavy (non-hydrogen) atoms. The summed E-state index contributed by atoms with van der Waals surface area (Å²) in [7, 11) is -10.2. The third kappa shape index (κ3) is 5.31. The van der Waals surface area contributed by atoms with E-state index in [9.17, 15) is 33.9 Å². The summed E-state index contributed by atoms with van der Waals surface area (Å²) in [6.07, 6.45) is -9.33. The minimum Gasteiger partial charge on any atom is -0.387 e. The van der Waals surface area contributed by atoms with Gasteiger partial charge in [0.2, 0.25) is 5.95 Å². The van der Waals surface area contributed by atoms with Gasteiger partial charge in [0, 0.05) is 0 Å². The lowest BCUT2D eigenvalue weighted by atomic mass is 10.1. The molecule has 0 radical (unpaired) electrons. The topological polar surface area (TPSA) is 330 Å². The number of nitrogens with two attached hydrogens (primary N) is 2. The zero-order chi connectivity index (χ0) is 31.8. The first-order valence-electron chi connectivity index (χ1n) is 13.0. The number of hydrogen-bond donors (Lipinski definition) is 7. The highest BCUT2D eigenvalue weighted by Gasteiger charge is 2.54. The molecule has 3 fully saturated rings. The quantitative estimate of drug-likeness (QED) is 0.109. The number of aliphatic hydroxyl groups excluding tert-OH is 2. The third-order valence-corrected chi connectivity index (χ3v) is 9.30. The van der Waals surface area contributed by atoms with E-state index in [-0.39, 0.29) is 34.1 Å². The maximum Gasteiger partial charge on any atom is 0.472 e. The van der Waals surface area contributed by atoms with Gasteiger partial charge in [-0.25, -0.2) is 29.1 Å². The molecule has 0 saturated carbocycles. The largest absolute Gasteiger partial charge is 0.472 e. The maximum absolute atomic E-state index is 13.2. The second kappa shape index (κ2) is 10.8. The normalized spacial score (nSPS) is 37.7. The number of hydrogen-bond acceptors (Lipinski definition) is 18. The molecule has 4 aromatic rings. The predicted octanol–water partition coefficient (Wildman–Crippen LogP) is -2.34. The summed E-state index contributed by atoms with van der Waals surface area (Å²) in [4.78, 5) is 55.8. The number of ether oxygens (including phenoxy) is 2. The van der Waals surface area contributed by atoms with Crippen LogP contribution < -0.4 is 17.0 Å². The lowest BCUT2D eigenvalue weighted by Crippen LogP contribution is -2.38. The molecule has 4 aromatic heterocycles. The van der Waals surface area contributed by atoms with Crippen molar-refractivity contribution in [1.29, 1.82) is 0 Å². The fourth-order valence-corrected chi connectivity index (χ4v) is 7.14. The number of imidazole rings is 2. The van der Waals surface area contributed by atoms with Gasteiger partial charge in [-0.05, 0) is 0 Å². The van der Waals surface area contributed by atoms with Crippen molar-refractivity contribution in [1.82, 2.24) is 39.0 Å². The van der Waals surface area contributed by atoms with E-state index < -0.39 is 83.5 Å². The Bertz CT molecular complexity index is 1940. The molecule has 0 aromatic carbocycles. The number of aromatic nitrogens is 8. The van der Waals surface area contributed by atoms with Gasteiger partial charge < -0.3 is 40.9 Å². The third-order valence-electron chi connectivity index (χ3n) is 7.33. The highest BCUT2D eigenvalue weighted by molar-refractivity contribution is 7.47. The number of aromatic amines is 1. The standard InChI is InChI=1S/C20H24N10O13P2/c21-14-8-15(24-3-23-14)29(4-25-8)18-12-10(31)6(40-18)1-38-45(36,37)43-13-11(32)7(2-39-44(34,35)42-12)41-19(13)30-5-26-9-16(30)27-20(22)28-17(9)33/h3-7,10-13,18-19,31-32H,1-2H2,(H,34,35)(H,36,37)(H2,21,23,24)(H3,22,27,28,33)/t6-,7-,10+,11?,12?,13+,18-,19-/m1/s1. The first kappa shape index (κ1) is 30.2. The van der Waals surface area contributed by atoms with Crippen molar-refractivity contribution in [2.75, 3.05) is 24.7 Å². The van der Waals surface area contributed by atoms with Gasteiger partial charge in [-0.3, -0.25) is 37.0 Å². The van der Waals surface area contributed by atoms with Gasteiger partial charge in [-0.1, -0.05) is 0 Å². The Labute approximate surface area is 248 Å². The Hall–Kier alpha value is -3.44. The molecule has 0 aliphatic carbocycles. The fraction of sp³-hybridized carbons (Fsp3) is 0.500. The number of phosphoric acid groups is 2. The van der Waals surface area contributed by atoms with E-state index >= 15 is 0 Å². The zero-order valence-electron chi connectivity index (χ0n) is 22.4. The number of nitrogen functional groups attached to an aromatic ring is 2. The van der Waals surface area contributed by atoms with Crippen LogP contribution in [0, 0.1) is 0 Å². The van der Waals surface area contributed by atoms with Gasteiger partial charge in [0.1, 0.15) is 48.5 Å². The van der Waals surface area contributed by atoms with Crippen LogP contribution in [0.1, 0.15) is 12.5 Å². The molecule has 0 amide bonds. The number of rotatable bonds is 2. The Morgan fingerprint density at radius 2 is 1.36 bits per heavy atom. The summed E-state index contributed by atoms with van der Waals surface area (Å²) in [5.74, 6) is -0.270. The van der Waals surface area contributed by atoms with Crippen molar-refractivity contribution in [3.63, 3.8) is 0 Å². The molecule has 242 valence electrons. The zero-order valence-corrected chi connectivity index (χ0v) is 24.2. The van der Waals surface area contributed by atoms with Crippen LogP contribution in [0.25, 0.3) is 22.3 Å². The first-order valence-corrected chi connectivity index (χ1v) is 15.9. The van der Waals surface area contributed by atoms with Gasteiger partial charge in [0.05, 0.1) is 25.9 Å². The molecular formula is C20H24N10O13P2. The molecule has 3 saturated heterocycles. The van der Waals surface area contributed by atoms with Crippen molar-refractivity contribution >= 4 is 49.7 Å². The number of aliphatic hydroxyl groups is 2. The average Bonchev–Trinajstić information content (AvgIpc) is 3.72. The molecule has 10 atom stereocenters. The van der Waals surface area contributed by atoms with Gasteiger partial charge in [-0.15, -0.1) is 0 Å². The molecule has 7 heterocycles. The average molecular weight is 674 g/mol. The maximum atomic E-state index is 13.2. The summed E-state index contributed by atoms with van der Waals surface area (Å²) >= 11 is 0. The van der Waals surface area contributed by atoms with E-state index in [2.05, 4.69) is 29.9 Å². The Kier molecular flexibility index (Phi) is 7.27. The van der Waals surface area contributed by atoms with E-state index in [0.29, 0.717) is 0 Å². The minimum absolute atomic E-state index is 0.0178. The molecule has 4 bridgehead atoms. The molecule has 3 aliphatic heterocycles. The number of fused-ring (bicyclic) bond motifs is 6. The second-order valence-electron chi connectivity index (χ2n) is 10.1.